The third-order valence-electron chi connectivity index (χ3n) is 4.89. The summed E-state index contributed by atoms with van der Waals surface area (Å²) in [4.78, 5) is 40.7. The quantitative estimate of drug-likeness (QED) is 0.634. The summed E-state index contributed by atoms with van der Waals surface area (Å²) in [7, 11) is 0. The van der Waals surface area contributed by atoms with Gasteiger partial charge in [0.2, 0.25) is 0 Å². The van der Waals surface area contributed by atoms with Crippen molar-refractivity contribution < 1.29 is 18.8 Å². The SMILES string of the molecule is CCN(CC)c1ccc(/C=C2/C(=O)NC(=O)N(c3cccc(C)c3C)C2=O)o1. The summed E-state index contributed by atoms with van der Waals surface area (Å²) in [6.07, 6.45) is 1.37. The zero-order chi connectivity index (χ0) is 20.4. The standard InChI is InChI=1S/C21H23N3O4/c1-5-23(6-2)18-11-10-15(28-18)12-16-19(25)22-21(27)24(20(16)26)17-9-7-8-13(3)14(17)4/h7-12H,5-6H2,1-4H3,(H,22,25,27)/b16-12-. The molecule has 1 aliphatic rings. The fourth-order valence-corrected chi connectivity index (χ4v) is 3.12. The summed E-state index contributed by atoms with van der Waals surface area (Å²) in [5.74, 6) is -0.390. The number of carbonyl (C=O) groups excluding carboxylic acids is 3. The summed E-state index contributed by atoms with van der Waals surface area (Å²) >= 11 is 0. The molecule has 0 radical (unpaired) electrons. The molecule has 0 aliphatic carbocycles. The van der Waals surface area contributed by atoms with Gasteiger partial charge in [0.25, 0.3) is 11.8 Å². The highest BCUT2D eigenvalue weighted by Crippen LogP contribution is 2.27. The van der Waals surface area contributed by atoms with Gasteiger partial charge in [-0.25, -0.2) is 9.69 Å². The molecule has 2 heterocycles. The van der Waals surface area contributed by atoms with E-state index in [4.69, 9.17) is 4.42 Å². The zero-order valence-electron chi connectivity index (χ0n) is 16.4. The molecule has 1 saturated heterocycles. The third kappa shape index (κ3) is 3.43. The average Bonchev–Trinajstić information content (AvgIpc) is 3.11. The van der Waals surface area contributed by atoms with E-state index in [2.05, 4.69) is 5.32 Å². The van der Waals surface area contributed by atoms with Gasteiger partial charge in [0, 0.05) is 19.2 Å². The Morgan fingerprint density at radius 3 is 2.46 bits per heavy atom. The van der Waals surface area contributed by atoms with Crippen LogP contribution in [0.1, 0.15) is 30.7 Å². The first kappa shape index (κ1) is 19.4. The predicted molar refractivity (Wildman–Crippen MR) is 107 cm³/mol. The second kappa shape index (κ2) is 7.72. The maximum absolute atomic E-state index is 13.0. The molecule has 1 fully saturated rings. The van der Waals surface area contributed by atoms with Crippen molar-refractivity contribution in [2.24, 2.45) is 0 Å². The normalized spacial score (nSPS) is 15.9. The van der Waals surface area contributed by atoms with E-state index >= 15 is 0 Å². The number of carbonyl (C=O) groups is 3. The monoisotopic (exact) mass is 381 g/mol. The van der Waals surface area contributed by atoms with Gasteiger partial charge in [-0.05, 0) is 57.0 Å². The van der Waals surface area contributed by atoms with Gasteiger partial charge in [-0.3, -0.25) is 14.9 Å². The molecule has 7 nitrogen and oxygen atoms in total. The van der Waals surface area contributed by atoms with E-state index in [0.29, 0.717) is 17.3 Å². The number of barbiturate groups is 1. The average molecular weight is 381 g/mol. The van der Waals surface area contributed by atoms with E-state index in [9.17, 15) is 14.4 Å². The van der Waals surface area contributed by atoms with Gasteiger partial charge in [0.1, 0.15) is 11.3 Å². The Hall–Kier alpha value is -3.35. The smallest absolute Gasteiger partial charge is 0.335 e. The Balaban J connectivity index is 1.98. The largest absolute Gasteiger partial charge is 0.441 e. The maximum Gasteiger partial charge on any atom is 0.335 e. The van der Waals surface area contributed by atoms with Crippen molar-refractivity contribution in [3.8, 4) is 0 Å². The molecule has 0 unspecified atom stereocenters. The Morgan fingerprint density at radius 2 is 1.79 bits per heavy atom. The van der Waals surface area contributed by atoms with Gasteiger partial charge in [-0.1, -0.05) is 12.1 Å². The van der Waals surface area contributed by atoms with Crippen LogP contribution in [-0.4, -0.2) is 30.9 Å². The van der Waals surface area contributed by atoms with Crippen LogP contribution in [-0.2, 0) is 9.59 Å². The van der Waals surface area contributed by atoms with E-state index in [1.807, 2.05) is 38.7 Å². The lowest BCUT2D eigenvalue weighted by atomic mass is 10.0. The highest BCUT2D eigenvalue weighted by atomic mass is 16.4. The molecule has 0 spiro atoms. The molecule has 2 aromatic rings. The van der Waals surface area contributed by atoms with Crippen LogP contribution in [0.25, 0.3) is 6.08 Å². The molecule has 0 atom stereocenters. The number of anilines is 2. The van der Waals surface area contributed by atoms with E-state index in [-0.39, 0.29) is 5.57 Å². The molecular weight excluding hydrogens is 358 g/mol. The molecule has 1 N–H and O–H groups in total. The van der Waals surface area contributed by atoms with Gasteiger partial charge in [0.05, 0.1) is 5.69 Å². The number of furan rings is 1. The number of hydrogen-bond acceptors (Lipinski definition) is 5. The van der Waals surface area contributed by atoms with Crippen molar-refractivity contribution in [2.75, 3.05) is 22.9 Å². The first-order chi connectivity index (χ1) is 13.4. The number of nitrogens with zero attached hydrogens (tertiary/aromatic N) is 2. The number of aryl methyl sites for hydroxylation is 1. The molecule has 3 rings (SSSR count). The van der Waals surface area contributed by atoms with Crippen LogP contribution in [0.3, 0.4) is 0 Å². The van der Waals surface area contributed by atoms with Crippen LogP contribution in [0.4, 0.5) is 16.4 Å². The minimum atomic E-state index is -0.760. The number of benzene rings is 1. The van der Waals surface area contributed by atoms with E-state index in [1.54, 1.807) is 24.3 Å². The summed E-state index contributed by atoms with van der Waals surface area (Å²) in [6.45, 7) is 9.28. The highest BCUT2D eigenvalue weighted by molar-refractivity contribution is 6.39. The molecule has 0 bridgehead atoms. The number of imide groups is 2. The van der Waals surface area contributed by atoms with Crippen LogP contribution in [0.2, 0.25) is 0 Å². The number of urea groups is 1. The predicted octanol–water partition coefficient (Wildman–Crippen LogP) is 3.41. The van der Waals surface area contributed by atoms with Crippen molar-refractivity contribution in [1.82, 2.24) is 5.32 Å². The minimum absolute atomic E-state index is 0.152. The molecule has 1 aliphatic heterocycles. The Labute approximate surface area is 163 Å². The van der Waals surface area contributed by atoms with Crippen molar-refractivity contribution in [2.45, 2.75) is 27.7 Å². The molecule has 0 saturated carbocycles. The van der Waals surface area contributed by atoms with Gasteiger partial charge in [-0.2, -0.15) is 0 Å². The topological polar surface area (TPSA) is 82.9 Å². The lowest BCUT2D eigenvalue weighted by Gasteiger charge is -2.27. The van der Waals surface area contributed by atoms with E-state index in [0.717, 1.165) is 29.1 Å². The fraction of sp³-hybridized carbons (Fsp3) is 0.286. The van der Waals surface area contributed by atoms with E-state index in [1.165, 1.54) is 6.08 Å². The fourth-order valence-electron chi connectivity index (χ4n) is 3.12. The second-order valence-electron chi connectivity index (χ2n) is 6.53. The zero-order valence-corrected chi connectivity index (χ0v) is 16.4. The molecular formula is C21H23N3O4. The number of nitrogens with one attached hydrogen (secondary N) is 1. The van der Waals surface area contributed by atoms with Crippen molar-refractivity contribution >= 4 is 35.5 Å². The third-order valence-corrected chi connectivity index (χ3v) is 4.89. The van der Waals surface area contributed by atoms with Gasteiger partial charge in [0.15, 0.2) is 5.88 Å². The molecule has 146 valence electrons. The van der Waals surface area contributed by atoms with Gasteiger partial charge in [-0.15, -0.1) is 0 Å². The molecule has 28 heavy (non-hydrogen) atoms. The first-order valence-corrected chi connectivity index (χ1v) is 9.19. The molecule has 1 aromatic carbocycles. The number of amides is 4. The molecule has 7 heteroatoms. The Morgan fingerprint density at radius 1 is 1.07 bits per heavy atom. The first-order valence-electron chi connectivity index (χ1n) is 9.19. The summed E-state index contributed by atoms with van der Waals surface area (Å²) in [5.41, 5.74) is 2.03. The Kier molecular flexibility index (Phi) is 5.35. The number of rotatable bonds is 5. The van der Waals surface area contributed by atoms with Gasteiger partial charge < -0.3 is 9.32 Å². The second-order valence-corrected chi connectivity index (χ2v) is 6.53. The lowest BCUT2D eigenvalue weighted by molar-refractivity contribution is -0.122. The number of hydrogen-bond donors (Lipinski definition) is 1. The van der Waals surface area contributed by atoms with Crippen LogP contribution in [0.15, 0.2) is 40.3 Å². The van der Waals surface area contributed by atoms with Crippen LogP contribution >= 0.6 is 0 Å². The van der Waals surface area contributed by atoms with Crippen LogP contribution in [0, 0.1) is 13.8 Å². The summed E-state index contributed by atoms with van der Waals surface area (Å²) in [5, 5.41) is 2.23. The minimum Gasteiger partial charge on any atom is -0.441 e. The molecule has 1 aromatic heterocycles. The highest BCUT2D eigenvalue weighted by Gasteiger charge is 2.37. The van der Waals surface area contributed by atoms with E-state index < -0.39 is 17.8 Å². The summed E-state index contributed by atoms with van der Waals surface area (Å²) < 4.78 is 5.75. The van der Waals surface area contributed by atoms with Crippen molar-refractivity contribution in [3.63, 3.8) is 0 Å². The lowest BCUT2D eigenvalue weighted by Crippen LogP contribution is -2.54. The van der Waals surface area contributed by atoms with Crippen LogP contribution in [0.5, 0.6) is 0 Å². The van der Waals surface area contributed by atoms with Crippen molar-refractivity contribution in [3.05, 3.63) is 52.8 Å². The van der Waals surface area contributed by atoms with Gasteiger partial charge >= 0.3 is 6.03 Å². The van der Waals surface area contributed by atoms with Crippen LogP contribution < -0.4 is 15.1 Å². The molecule has 4 amide bonds. The Bertz CT molecular complexity index is 970. The summed E-state index contributed by atoms with van der Waals surface area (Å²) in [6, 6.07) is 8.06. The maximum atomic E-state index is 13.0. The van der Waals surface area contributed by atoms with Crippen molar-refractivity contribution in [1.29, 1.82) is 0 Å².